The maximum atomic E-state index is 13.7. The third-order valence-corrected chi connectivity index (χ3v) is 9.12. The molecule has 1 aliphatic rings. The van der Waals surface area contributed by atoms with E-state index >= 15 is 0 Å². The number of esters is 2. The van der Waals surface area contributed by atoms with Gasteiger partial charge in [0.15, 0.2) is 0 Å². The van der Waals surface area contributed by atoms with Gasteiger partial charge in [-0.25, -0.2) is 4.79 Å². The van der Waals surface area contributed by atoms with Crippen molar-refractivity contribution < 1.29 is 27.5 Å². The summed E-state index contributed by atoms with van der Waals surface area (Å²) in [6.45, 7) is 13.0. The molecule has 13 heteroatoms. The molecule has 0 spiro atoms. The van der Waals surface area contributed by atoms with E-state index in [2.05, 4.69) is 11.7 Å². The molecule has 2 aromatic heterocycles. The number of hydrogen-bond donors (Lipinski definition) is 1. The van der Waals surface area contributed by atoms with Crippen LogP contribution in [0, 0.1) is 6.92 Å². The van der Waals surface area contributed by atoms with Gasteiger partial charge in [-0.1, -0.05) is 35.5 Å². The highest BCUT2D eigenvalue weighted by molar-refractivity contribution is 7.99. The van der Waals surface area contributed by atoms with Crippen LogP contribution in [0.3, 0.4) is 0 Å². The molecule has 1 aliphatic carbocycles. The standard InChI is InChI=1S/C29H37N5O6S2/c1-7-17-41-26-23-22(34(32-26)42(37,38)19-11-9-18(3)10-12-19)14-13-20-24(23)31-33(25(20)28(36)39-8-2)16-15-21(30)27(35)40-29(4,5)6/h7,9-12,21H,1,8,13-17,30H2,2-6H3. The Morgan fingerprint density at radius 3 is 2.50 bits per heavy atom. The van der Waals surface area contributed by atoms with Gasteiger partial charge in [-0.3, -0.25) is 9.48 Å². The number of thioether (sulfide) groups is 1. The summed E-state index contributed by atoms with van der Waals surface area (Å²) in [7, 11) is -4.01. The highest BCUT2D eigenvalue weighted by Gasteiger charge is 2.37. The summed E-state index contributed by atoms with van der Waals surface area (Å²) >= 11 is 1.33. The predicted molar refractivity (Wildman–Crippen MR) is 160 cm³/mol. The van der Waals surface area contributed by atoms with E-state index in [0.717, 1.165) is 9.65 Å². The Morgan fingerprint density at radius 2 is 1.88 bits per heavy atom. The van der Waals surface area contributed by atoms with Crippen molar-refractivity contribution in [2.24, 2.45) is 5.73 Å². The Morgan fingerprint density at radius 1 is 1.19 bits per heavy atom. The van der Waals surface area contributed by atoms with Gasteiger partial charge in [0, 0.05) is 17.9 Å². The second kappa shape index (κ2) is 12.4. The number of aromatic nitrogens is 4. The summed E-state index contributed by atoms with van der Waals surface area (Å²) in [5.74, 6) is -0.620. The molecule has 0 fully saturated rings. The van der Waals surface area contributed by atoms with E-state index in [1.54, 1.807) is 58.0 Å². The number of benzene rings is 1. The van der Waals surface area contributed by atoms with Gasteiger partial charge in [-0.05, 0) is 66.0 Å². The summed E-state index contributed by atoms with van der Waals surface area (Å²) in [6.07, 6.45) is 2.52. The number of nitrogens with two attached hydrogens (primary N) is 1. The van der Waals surface area contributed by atoms with Crippen LogP contribution in [-0.4, -0.2) is 63.3 Å². The number of carbonyl (C=O) groups excluding carboxylic acids is 2. The Kier molecular flexibility index (Phi) is 9.33. The normalized spacial score (nSPS) is 13.7. The minimum Gasteiger partial charge on any atom is -0.461 e. The van der Waals surface area contributed by atoms with Crippen LogP contribution in [0.2, 0.25) is 0 Å². The van der Waals surface area contributed by atoms with Gasteiger partial charge in [-0.15, -0.1) is 6.58 Å². The second-order valence-electron chi connectivity index (χ2n) is 10.9. The Hall–Kier alpha value is -3.42. The van der Waals surface area contributed by atoms with Crippen molar-refractivity contribution in [1.29, 1.82) is 0 Å². The van der Waals surface area contributed by atoms with Crippen molar-refractivity contribution in [3.8, 4) is 11.3 Å². The third kappa shape index (κ3) is 6.47. The van der Waals surface area contributed by atoms with Gasteiger partial charge in [0.05, 0.1) is 22.8 Å². The Balaban J connectivity index is 1.81. The molecule has 42 heavy (non-hydrogen) atoms. The predicted octanol–water partition coefficient (Wildman–Crippen LogP) is 3.90. The summed E-state index contributed by atoms with van der Waals surface area (Å²) in [5.41, 5.74) is 8.77. The van der Waals surface area contributed by atoms with Crippen molar-refractivity contribution in [2.75, 3.05) is 12.4 Å². The van der Waals surface area contributed by atoms with Crippen LogP contribution in [0.15, 0.2) is 46.8 Å². The number of fused-ring (bicyclic) bond motifs is 3. The van der Waals surface area contributed by atoms with Crippen molar-refractivity contribution in [3.05, 3.63) is 59.4 Å². The molecule has 1 aromatic carbocycles. The van der Waals surface area contributed by atoms with E-state index in [1.807, 2.05) is 6.92 Å². The van der Waals surface area contributed by atoms with Gasteiger partial charge in [-0.2, -0.15) is 22.7 Å². The first-order chi connectivity index (χ1) is 19.8. The highest BCUT2D eigenvalue weighted by atomic mass is 32.2. The lowest BCUT2D eigenvalue weighted by Crippen LogP contribution is -2.38. The average molecular weight is 616 g/mol. The van der Waals surface area contributed by atoms with Crippen LogP contribution in [0.25, 0.3) is 11.3 Å². The second-order valence-corrected chi connectivity index (χ2v) is 13.7. The summed E-state index contributed by atoms with van der Waals surface area (Å²) in [4.78, 5) is 25.8. The maximum Gasteiger partial charge on any atom is 0.356 e. The number of nitrogens with zero attached hydrogens (tertiary/aromatic N) is 4. The molecule has 0 aliphatic heterocycles. The number of carbonyl (C=O) groups is 2. The van der Waals surface area contributed by atoms with E-state index in [1.165, 1.54) is 16.4 Å². The fourth-order valence-corrected chi connectivity index (χ4v) is 6.81. The van der Waals surface area contributed by atoms with Crippen molar-refractivity contribution in [1.82, 2.24) is 19.0 Å². The molecule has 0 radical (unpaired) electrons. The number of ether oxygens (including phenoxy) is 2. The summed E-state index contributed by atoms with van der Waals surface area (Å²) < 4.78 is 40.8. The van der Waals surface area contributed by atoms with Crippen molar-refractivity contribution >= 4 is 33.7 Å². The third-order valence-electron chi connectivity index (χ3n) is 6.53. The molecule has 2 heterocycles. The molecule has 1 unspecified atom stereocenters. The quantitative estimate of drug-likeness (QED) is 0.191. The minimum absolute atomic E-state index is 0.123. The lowest BCUT2D eigenvalue weighted by Gasteiger charge is -2.22. The molecule has 226 valence electrons. The molecule has 11 nitrogen and oxygen atoms in total. The van der Waals surface area contributed by atoms with E-state index < -0.39 is 33.6 Å². The van der Waals surface area contributed by atoms with Crippen LogP contribution in [0.5, 0.6) is 0 Å². The van der Waals surface area contributed by atoms with E-state index in [0.29, 0.717) is 46.1 Å². The maximum absolute atomic E-state index is 13.7. The molecule has 4 rings (SSSR count). The van der Waals surface area contributed by atoms with Crippen molar-refractivity contribution in [3.63, 3.8) is 0 Å². The number of aryl methyl sites for hydroxylation is 2. The number of hydrogen-bond acceptors (Lipinski definition) is 10. The van der Waals surface area contributed by atoms with Crippen LogP contribution in [-0.2, 0) is 43.7 Å². The van der Waals surface area contributed by atoms with E-state index in [4.69, 9.17) is 20.3 Å². The van der Waals surface area contributed by atoms with Gasteiger partial charge in [0.2, 0.25) is 0 Å². The largest absolute Gasteiger partial charge is 0.461 e. The molecular weight excluding hydrogens is 578 g/mol. The molecule has 1 atom stereocenters. The molecule has 0 saturated heterocycles. The zero-order valence-corrected chi connectivity index (χ0v) is 26.2. The first-order valence-electron chi connectivity index (χ1n) is 13.7. The monoisotopic (exact) mass is 615 g/mol. The van der Waals surface area contributed by atoms with E-state index in [-0.39, 0.29) is 30.2 Å². The summed E-state index contributed by atoms with van der Waals surface area (Å²) in [5, 5.41) is 9.78. The molecule has 3 aromatic rings. The van der Waals surface area contributed by atoms with Gasteiger partial charge < -0.3 is 15.2 Å². The van der Waals surface area contributed by atoms with Gasteiger partial charge in [0.25, 0.3) is 10.0 Å². The van der Waals surface area contributed by atoms with Gasteiger partial charge >= 0.3 is 11.9 Å². The number of rotatable bonds is 11. The fraction of sp³-hybridized carbons (Fsp3) is 0.448. The zero-order chi connectivity index (χ0) is 30.8. The van der Waals surface area contributed by atoms with Crippen LogP contribution >= 0.6 is 11.8 Å². The first-order valence-corrected chi connectivity index (χ1v) is 16.1. The smallest absolute Gasteiger partial charge is 0.356 e. The molecule has 0 amide bonds. The fourth-order valence-electron chi connectivity index (χ4n) is 4.64. The SMILES string of the molecule is C=CCSc1nn(S(=O)(=O)c2ccc(C)cc2)c2c1-c1nn(CCC(N)C(=O)OC(C)(C)C)c(C(=O)OCC)c1CC2. The van der Waals surface area contributed by atoms with E-state index in [9.17, 15) is 18.0 Å². The molecule has 0 bridgehead atoms. The molecule has 0 saturated carbocycles. The first kappa shape index (κ1) is 31.5. The van der Waals surface area contributed by atoms with Crippen LogP contribution < -0.4 is 5.73 Å². The average Bonchev–Trinajstić information content (AvgIpc) is 3.48. The molecule has 2 N–H and O–H groups in total. The summed E-state index contributed by atoms with van der Waals surface area (Å²) in [6, 6.07) is 5.67. The van der Waals surface area contributed by atoms with Crippen LogP contribution in [0.4, 0.5) is 0 Å². The van der Waals surface area contributed by atoms with Crippen molar-refractivity contribution in [2.45, 2.75) is 82.0 Å². The minimum atomic E-state index is -4.01. The lowest BCUT2D eigenvalue weighted by molar-refractivity contribution is -0.156. The lowest BCUT2D eigenvalue weighted by atomic mass is 9.94. The Labute approximate surface area is 250 Å². The van der Waals surface area contributed by atoms with Gasteiger partial charge in [0.1, 0.15) is 28.1 Å². The molecular formula is C29H37N5O6S2. The zero-order valence-electron chi connectivity index (χ0n) is 24.5. The van der Waals surface area contributed by atoms with Crippen LogP contribution in [0.1, 0.15) is 61.4 Å². The topological polar surface area (TPSA) is 148 Å². The Bertz CT molecular complexity index is 1600. The highest BCUT2D eigenvalue weighted by Crippen LogP contribution is 2.42.